The van der Waals surface area contributed by atoms with Crippen molar-refractivity contribution >= 4 is 16.9 Å². The fourth-order valence-electron chi connectivity index (χ4n) is 4.63. The quantitative estimate of drug-likeness (QED) is 0.583. The van der Waals surface area contributed by atoms with E-state index in [0.717, 1.165) is 40.9 Å². The van der Waals surface area contributed by atoms with E-state index in [1.165, 1.54) is 0 Å². The SMILES string of the molecule is CCn1c(=O)n(CCC(=O)N2CCC[C@@H]2c2ccc(OC)cc2OC)c2ccccc21. The highest BCUT2D eigenvalue weighted by atomic mass is 16.5. The molecule has 0 spiro atoms. The third-order valence-corrected chi connectivity index (χ3v) is 6.16. The molecule has 0 unspecified atom stereocenters. The number of ether oxygens (including phenoxy) is 2. The van der Waals surface area contributed by atoms with Crippen LogP contribution >= 0.6 is 0 Å². The Morgan fingerprint density at radius 1 is 1.06 bits per heavy atom. The van der Waals surface area contributed by atoms with Crippen LogP contribution in [0.4, 0.5) is 0 Å². The average Bonchev–Trinajstić information content (AvgIpc) is 3.39. The first-order chi connectivity index (χ1) is 15.1. The number of likely N-dealkylation sites (tertiary alicyclic amines) is 1. The molecule has 7 heteroatoms. The Balaban J connectivity index is 1.55. The summed E-state index contributed by atoms with van der Waals surface area (Å²) in [5, 5.41) is 0. The van der Waals surface area contributed by atoms with Gasteiger partial charge in [-0.25, -0.2) is 4.79 Å². The van der Waals surface area contributed by atoms with E-state index in [0.29, 0.717) is 19.6 Å². The van der Waals surface area contributed by atoms with E-state index < -0.39 is 0 Å². The third kappa shape index (κ3) is 3.80. The Hall–Kier alpha value is -3.22. The molecule has 1 aliphatic rings. The van der Waals surface area contributed by atoms with E-state index in [2.05, 4.69) is 0 Å². The Bertz CT molecular complexity index is 1150. The minimum Gasteiger partial charge on any atom is -0.497 e. The van der Waals surface area contributed by atoms with Gasteiger partial charge in [0.15, 0.2) is 0 Å². The number of carbonyl (C=O) groups excluding carboxylic acids is 1. The maximum Gasteiger partial charge on any atom is 0.329 e. The number of imidazole rings is 1. The maximum atomic E-state index is 13.2. The van der Waals surface area contributed by atoms with Gasteiger partial charge in [-0.3, -0.25) is 13.9 Å². The van der Waals surface area contributed by atoms with Crippen molar-refractivity contribution in [1.82, 2.24) is 14.0 Å². The number of rotatable bonds is 7. The molecule has 3 aromatic rings. The summed E-state index contributed by atoms with van der Waals surface area (Å²) < 4.78 is 14.3. The highest BCUT2D eigenvalue weighted by molar-refractivity contribution is 5.78. The van der Waals surface area contributed by atoms with Crippen molar-refractivity contribution in [3.8, 4) is 11.5 Å². The molecule has 164 valence electrons. The minimum absolute atomic E-state index is 0.0259. The Morgan fingerprint density at radius 2 is 1.81 bits per heavy atom. The number of aryl methyl sites for hydroxylation is 2. The molecule has 2 aromatic carbocycles. The first-order valence-corrected chi connectivity index (χ1v) is 10.8. The van der Waals surface area contributed by atoms with Crippen molar-refractivity contribution in [2.24, 2.45) is 0 Å². The second-order valence-electron chi connectivity index (χ2n) is 7.77. The molecular weight excluding hydrogens is 394 g/mol. The number of para-hydroxylation sites is 2. The molecule has 1 aliphatic heterocycles. The van der Waals surface area contributed by atoms with Gasteiger partial charge < -0.3 is 14.4 Å². The maximum absolute atomic E-state index is 13.2. The van der Waals surface area contributed by atoms with E-state index in [1.807, 2.05) is 54.3 Å². The van der Waals surface area contributed by atoms with E-state index in [-0.39, 0.29) is 24.1 Å². The number of amides is 1. The lowest BCUT2D eigenvalue weighted by molar-refractivity contribution is -0.132. The van der Waals surface area contributed by atoms with Crippen molar-refractivity contribution in [3.63, 3.8) is 0 Å². The van der Waals surface area contributed by atoms with E-state index in [4.69, 9.17) is 9.47 Å². The Morgan fingerprint density at radius 3 is 2.48 bits per heavy atom. The molecule has 4 rings (SSSR count). The van der Waals surface area contributed by atoms with Gasteiger partial charge in [0.05, 0.1) is 31.3 Å². The first-order valence-electron chi connectivity index (χ1n) is 10.8. The van der Waals surface area contributed by atoms with E-state index in [1.54, 1.807) is 23.4 Å². The van der Waals surface area contributed by atoms with Gasteiger partial charge in [-0.2, -0.15) is 0 Å². The molecule has 0 aliphatic carbocycles. The molecule has 7 nitrogen and oxygen atoms in total. The molecule has 0 bridgehead atoms. The van der Waals surface area contributed by atoms with Crippen LogP contribution in [-0.2, 0) is 17.9 Å². The Kier molecular flexibility index (Phi) is 6.02. The van der Waals surface area contributed by atoms with Gasteiger partial charge in [-0.1, -0.05) is 12.1 Å². The van der Waals surface area contributed by atoms with Crippen LogP contribution in [0.25, 0.3) is 11.0 Å². The van der Waals surface area contributed by atoms with Crippen molar-refractivity contribution in [1.29, 1.82) is 0 Å². The van der Waals surface area contributed by atoms with Crippen LogP contribution in [0.3, 0.4) is 0 Å². The zero-order valence-electron chi connectivity index (χ0n) is 18.3. The summed E-state index contributed by atoms with van der Waals surface area (Å²) in [4.78, 5) is 28.0. The predicted octanol–water partition coefficient (Wildman–Crippen LogP) is 3.59. The highest BCUT2D eigenvalue weighted by Crippen LogP contribution is 2.39. The van der Waals surface area contributed by atoms with Crippen LogP contribution in [0.1, 0.15) is 37.8 Å². The number of hydrogen-bond acceptors (Lipinski definition) is 4. The number of methoxy groups -OCH3 is 2. The molecule has 1 fully saturated rings. The van der Waals surface area contributed by atoms with Crippen molar-refractivity contribution in [2.45, 2.75) is 45.3 Å². The lowest BCUT2D eigenvalue weighted by Crippen LogP contribution is -2.32. The van der Waals surface area contributed by atoms with Crippen molar-refractivity contribution in [2.75, 3.05) is 20.8 Å². The molecule has 1 atom stereocenters. The van der Waals surface area contributed by atoms with Crippen LogP contribution in [0.5, 0.6) is 11.5 Å². The average molecular weight is 424 g/mol. The Labute approximate surface area is 181 Å². The zero-order chi connectivity index (χ0) is 22.0. The van der Waals surface area contributed by atoms with Gasteiger partial charge in [0.2, 0.25) is 5.91 Å². The van der Waals surface area contributed by atoms with Crippen LogP contribution in [0.15, 0.2) is 47.3 Å². The van der Waals surface area contributed by atoms with Gasteiger partial charge in [0.25, 0.3) is 0 Å². The number of fused-ring (bicyclic) bond motifs is 1. The van der Waals surface area contributed by atoms with Gasteiger partial charge in [-0.15, -0.1) is 0 Å². The summed E-state index contributed by atoms with van der Waals surface area (Å²) in [5.74, 6) is 1.51. The third-order valence-electron chi connectivity index (χ3n) is 6.16. The number of aromatic nitrogens is 2. The smallest absolute Gasteiger partial charge is 0.329 e. The minimum atomic E-state index is -0.0636. The van der Waals surface area contributed by atoms with Crippen LogP contribution in [-0.4, -0.2) is 40.7 Å². The first kappa shape index (κ1) is 21.0. The molecule has 31 heavy (non-hydrogen) atoms. The second-order valence-corrected chi connectivity index (χ2v) is 7.77. The van der Waals surface area contributed by atoms with Crippen LogP contribution in [0, 0.1) is 0 Å². The fourth-order valence-corrected chi connectivity index (χ4v) is 4.63. The standard InChI is InChI=1S/C24H29N3O4/c1-4-25-20-8-5-6-9-21(20)27(24(25)29)15-13-23(28)26-14-7-10-19(26)18-12-11-17(30-2)16-22(18)31-3/h5-6,8-9,11-12,16,19H,4,7,10,13-15H2,1-3H3/t19-/m1/s1. The molecule has 1 amide bonds. The normalized spacial score (nSPS) is 16.1. The van der Waals surface area contributed by atoms with E-state index in [9.17, 15) is 9.59 Å². The molecule has 0 saturated carbocycles. The zero-order valence-corrected chi connectivity index (χ0v) is 18.3. The largest absolute Gasteiger partial charge is 0.497 e. The van der Waals surface area contributed by atoms with Gasteiger partial charge in [0.1, 0.15) is 11.5 Å². The lowest BCUT2D eigenvalue weighted by Gasteiger charge is -2.26. The number of benzene rings is 2. The lowest BCUT2D eigenvalue weighted by atomic mass is 10.0. The summed E-state index contributed by atoms with van der Waals surface area (Å²) in [5.41, 5.74) is 2.71. The number of carbonyl (C=O) groups is 1. The summed E-state index contributed by atoms with van der Waals surface area (Å²) in [6.45, 7) is 3.64. The van der Waals surface area contributed by atoms with Crippen LogP contribution < -0.4 is 15.2 Å². The van der Waals surface area contributed by atoms with Crippen molar-refractivity contribution in [3.05, 3.63) is 58.5 Å². The summed E-state index contributed by atoms with van der Waals surface area (Å²) in [7, 11) is 3.26. The molecule has 1 saturated heterocycles. The molecule has 2 heterocycles. The predicted molar refractivity (Wildman–Crippen MR) is 120 cm³/mol. The summed E-state index contributed by atoms with van der Waals surface area (Å²) >= 11 is 0. The topological polar surface area (TPSA) is 65.7 Å². The molecule has 0 N–H and O–H groups in total. The summed E-state index contributed by atoms with van der Waals surface area (Å²) in [6, 6.07) is 13.5. The number of hydrogen-bond donors (Lipinski definition) is 0. The van der Waals surface area contributed by atoms with Crippen LogP contribution in [0.2, 0.25) is 0 Å². The number of nitrogens with zero attached hydrogens (tertiary/aromatic N) is 3. The molecule has 1 aromatic heterocycles. The summed E-state index contributed by atoms with van der Waals surface area (Å²) in [6.07, 6.45) is 2.12. The van der Waals surface area contributed by atoms with Gasteiger partial charge in [0, 0.05) is 37.7 Å². The molecule has 0 radical (unpaired) electrons. The second kappa shape index (κ2) is 8.88. The van der Waals surface area contributed by atoms with Crippen molar-refractivity contribution < 1.29 is 14.3 Å². The van der Waals surface area contributed by atoms with E-state index >= 15 is 0 Å². The van der Waals surface area contributed by atoms with Gasteiger partial charge >= 0.3 is 5.69 Å². The monoisotopic (exact) mass is 423 g/mol. The molecular formula is C24H29N3O4. The van der Waals surface area contributed by atoms with Gasteiger partial charge in [-0.05, 0) is 44.0 Å². The highest BCUT2D eigenvalue weighted by Gasteiger charge is 2.32. The fraction of sp³-hybridized carbons (Fsp3) is 0.417.